The van der Waals surface area contributed by atoms with Gasteiger partial charge in [0, 0.05) is 60.8 Å². The third-order valence-corrected chi connectivity index (χ3v) is 12.5. The van der Waals surface area contributed by atoms with Gasteiger partial charge in [-0.05, 0) is 69.5 Å². The first kappa shape index (κ1) is 35.2. The van der Waals surface area contributed by atoms with Gasteiger partial charge in [0.15, 0.2) is 0 Å². The molecule has 57 heavy (non-hydrogen) atoms. The number of para-hydroxylation sites is 1. The van der Waals surface area contributed by atoms with E-state index in [1.54, 1.807) is 6.07 Å². The van der Waals surface area contributed by atoms with E-state index in [1.165, 1.54) is 0 Å². The Morgan fingerprint density at radius 3 is 2.21 bits per heavy atom. The van der Waals surface area contributed by atoms with E-state index in [9.17, 15) is 5.11 Å². The SMILES string of the molecule is CC1(C)c2ccc(-c3cn(-c4ccc5c(c4)oc4ccccc45)c(-c4[c-]ccc5oc6ccc(-c7ccccc7)cc6c45)n3)nc2-c2c(O)cccc2C1(C)C.[Pt]. The van der Waals surface area contributed by atoms with Crippen LogP contribution in [0.4, 0.5) is 0 Å². The Morgan fingerprint density at radius 1 is 0.596 bits per heavy atom. The van der Waals surface area contributed by atoms with Gasteiger partial charge in [-0.15, -0.1) is 12.1 Å². The fourth-order valence-corrected chi connectivity index (χ4v) is 8.77. The molecule has 0 atom stereocenters. The first-order valence-electron chi connectivity index (χ1n) is 19.0. The Bertz CT molecular complexity index is 3220. The van der Waals surface area contributed by atoms with Gasteiger partial charge in [-0.3, -0.25) is 4.98 Å². The number of phenolic OH excluding ortho intramolecular Hbond substituents is 1. The summed E-state index contributed by atoms with van der Waals surface area (Å²) in [4.78, 5) is 10.7. The van der Waals surface area contributed by atoms with Crippen LogP contribution in [0.15, 0.2) is 148 Å². The van der Waals surface area contributed by atoms with Crippen molar-refractivity contribution in [2.45, 2.75) is 38.5 Å². The second kappa shape index (κ2) is 12.6. The third kappa shape index (κ3) is 5.13. The minimum atomic E-state index is -0.257. The molecule has 0 unspecified atom stereocenters. The molecule has 0 bridgehead atoms. The van der Waals surface area contributed by atoms with E-state index in [0.717, 1.165) is 88.6 Å². The summed E-state index contributed by atoms with van der Waals surface area (Å²) in [5.74, 6) is 0.920. The molecule has 0 fully saturated rings. The number of rotatable bonds is 4. The maximum Gasteiger partial charge on any atom is 0.137 e. The van der Waals surface area contributed by atoms with Crippen LogP contribution in [0.3, 0.4) is 0 Å². The Hall–Kier alpha value is -6.23. The smallest absolute Gasteiger partial charge is 0.137 e. The van der Waals surface area contributed by atoms with Gasteiger partial charge in [0.05, 0.1) is 28.5 Å². The molecule has 10 aromatic rings. The summed E-state index contributed by atoms with van der Waals surface area (Å²) in [7, 11) is 0. The maximum absolute atomic E-state index is 11.3. The van der Waals surface area contributed by atoms with Crippen molar-refractivity contribution in [1.29, 1.82) is 0 Å². The molecule has 7 heteroatoms. The molecule has 11 rings (SSSR count). The number of pyridine rings is 1. The second-order valence-corrected chi connectivity index (χ2v) is 15.9. The molecule has 1 N–H and O–H groups in total. The van der Waals surface area contributed by atoms with Crippen LogP contribution in [0, 0.1) is 6.07 Å². The predicted molar refractivity (Wildman–Crippen MR) is 224 cm³/mol. The van der Waals surface area contributed by atoms with Crippen molar-refractivity contribution in [3.63, 3.8) is 0 Å². The molecule has 1 aliphatic rings. The Kier molecular flexibility index (Phi) is 7.81. The fourth-order valence-electron chi connectivity index (χ4n) is 8.77. The van der Waals surface area contributed by atoms with Gasteiger partial charge in [0.1, 0.15) is 22.5 Å². The zero-order chi connectivity index (χ0) is 37.9. The van der Waals surface area contributed by atoms with Gasteiger partial charge in [0.2, 0.25) is 0 Å². The number of aromatic nitrogens is 3. The normalized spacial score (nSPS) is 14.2. The molecule has 0 saturated carbocycles. The summed E-state index contributed by atoms with van der Waals surface area (Å²) in [6.07, 6.45) is 2.04. The standard InChI is InChI=1S/C50H36N3O3.Pt/c1-49(2)36-16-11-17-40(54)46(36)47-37(50(49,3)4)23-24-38(51-47)39-28-53(31-21-22-33-32-14-8-9-18-41(32)56-44(33)27-31)48(52-39)34-15-10-19-43-45(34)35-26-30(20-25-42(35)55-43)29-12-6-5-7-13-29;/h5-14,16-28,54H,1-4H3;/q-1;. The first-order valence-corrected chi connectivity index (χ1v) is 19.0. The number of nitrogens with zero attached hydrogens (tertiary/aromatic N) is 3. The van der Waals surface area contributed by atoms with E-state index in [2.05, 4.69) is 117 Å². The molecule has 0 radical (unpaired) electrons. The largest absolute Gasteiger partial charge is 0.507 e. The van der Waals surface area contributed by atoms with Gasteiger partial charge in [0.25, 0.3) is 0 Å². The maximum atomic E-state index is 11.3. The van der Waals surface area contributed by atoms with Crippen molar-refractivity contribution < 1.29 is 35.0 Å². The van der Waals surface area contributed by atoms with Crippen LogP contribution in [0.5, 0.6) is 5.75 Å². The third-order valence-electron chi connectivity index (χ3n) is 12.5. The van der Waals surface area contributed by atoms with Gasteiger partial charge < -0.3 is 18.5 Å². The average molecular weight is 922 g/mol. The van der Waals surface area contributed by atoms with Crippen molar-refractivity contribution in [3.8, 4) is 56.6 Å². The van der Waals surface area contributed by atoms with Crippen LogP contribution in [-0.2, 0) is 31.9 Å². The minimum absolute atomic E-state index is 0. The van der Waals surface area contributed by atoms with Crippen molar-refractivity contribution in [2.24, 2.45) is 0 Å². The summed E-state index contributed by atoms with van der Waals surface area (Å²) in [5.41, 5.74) is 11.7. The second-order valence-electron chi connectivity index (χ2n) is 15.9. The Balaban J connectivity index is 0.00000396. The number of hydrogen-bond donors (Lipinski definition) is 1. The molecule has 0 aliphatic heterocycles. The van der Waals surface area contributed by atoms with Crippen molar-refractivity contribution >= 4 is 43.9 Å². The molecule has 0 amide bonds. The molecule has 0 spiro atoms. The molecule has 6 nitrogen and oxygen atoms in total. The van der Waals surface area contributed by atoms with Crippen molar-refractivity contribution in [2.75, 3.05) is 0 Å². The first-order chi connectivity index (χ1) is 27.2. The zero-order valence-electron chi connectivity index (χ0n) is 31.7. The van der Waals surface area contributed by atoms with Crippen LogP contribution in [-0.4, -0.2) is 19.6 Å². The monoisotopic (exact) mass is 921 g/mol. The summed E-state index contributed by atoms with van der Waals surface area (Å²) in [5, 5.41) is 15.4. The molecule has 4 aromatic heterocycles. The number of aromatic hydroxyl groups is 1. The quantitative estimate of drug-likeness (QED) is 0.178. The van der Waals surface area contributed by atoms with Gasteiger partial charge >= 0.3 is 0 Å². The number of phenols is 1. The van der Waals surface area contributed by atoms with Gasteiger partial charge in [-0.1, -0.05) is 124 Å². The zero-order valence-corrected chi connectivity index (χ0v) is 34.0. The Morgan fingerprint density at radius 2 is 1.35 bits per heavy atom. The summed E-state index contributed by atoms with van der Waals surface area (Å²) >= 11 is 0. The molecule has 1 aliphatic carbocycles. The van der Waals surface area contributed by atoms with E-state index in [1.807, 2.05) is 54.7 Å². The van der Waals surface area contributed by atoms with Crippen LogP contribution >= 0.6 is 0 Å². The van der Waals surface area contributed by atoms with E-state index >= 15 is 0 Å². The van der Waals surface area contributed by atoms with E-state index in [4.69, 9.17) is 18.8 Å². The van der Waals surface area contributed by atoms with E-state index in [-0.39, 0.29) is 37.6 Å². The van der Waals surface area contributed by atoms with Gasteiger partial charge in [-0.2, -0.15) is 0 Å². The van der Waals surface area contributed by atoms with Crippen LogP contribution in [0.2, 0.25) is 0 Å². The van der Waals surface area contributed by atoms with E-state index < -0.39 is 0 Å². The molecule has 4 heterocycles. The topological polar surface area (TPSA) is 77.2 Å². The summed E-state index contributed by atoms with van der Waals surface area (Å²) in [6, 6.07) is 48.6. The molecule has 280 valence electrons. The minimum Gasteiger partial charge on any atom is -0.507 e. The summed E-state index contributed by atoms with van der Waals surface area (Å²) < 4.78 is 14.9. The predicted octanol–water partition coefficient (Wildman–Crippen LogP) is 12.8. The number of fused-ring (bicyclic) bond motifs is 9. The molecule has 0 saturated heterocycles. The number of hydrogen-bond acceptors (Lipinski definition) is 5. The van der Waals surface area contributed by atoms with Gasteiger partial charge in [-0.25, -0.2) is 4.98 Å². The molecule has 6 aromatic carbocycles. The summed E-state index contributed by atoms with van der Waals surface area (Å²) in [6.45, 7) is 9.01. The number of furan rings is 2. The van der Waals surface area contributed by atoms with Crippen LogP contribution in [0.1, 0.15) is 38.8 Å². The Labute approximate surface area is 343 Å². The average Bonchev–Trinajstić information content (AvgIpc) is 3.93. The van der Waals surface area contributed by atoms with Crippen LogP contribution in [0.25, 0.3) is 94.7 Å². The van der Waals surface area contributed by atoms with Crippen molar-refractivity contribution in [1.82, 2.24) is 14.5 Å². The fraction of sp³-hybridized carbons (Fsp3) is 0.120. The van der Waals surface area contributed by atoms with Crippen molar-refractivity contribution in [3.05, 3.63) is 157 Å². The van der Waals surface area contributed by atoms with E-state index in [0.29, 0.717) is 17.2 Å². The van der Waals surface area contributed by atoms with Crippen LogP contribution < -0.4 is 0 Å². The number of benzene rings is 6. The number of imidazole rings is 1. The molecular weight excluding hydrogens is 886 g/mol. The molecular formula is C50H36N3O3Pt-.